The zero-order valence-corrected chi connectivity index (χ0v) is 13.3. The summed E-state index contributed by atoms with van der Waals surface area (Å²) >= 11 is 3.50. The van der Waals surface area contributed by atoms with Gasteiger partial charge in [0.15, 0.2) is 0 Å². The Morgan fingerprint density at radius 2 is 2.25 bits per heavy atom. The molecule has 0 saturated heterocycles. The van der Waals surface area contributed by atoms with Gasteiger partial charge in [-0.2, -0.15) is 0 Å². The maximum atomic E-state index is 10.7. The first-order chi connectivity index (χ1) is 9.60. The summed E-state index contributed by atoms with van der Waals surface area (Å²) in [6.45, 7) is 4.13. The number of hydrogen-bond acceptors (Lipinski definition) is 2. The van der Waals surface area contributed by atoms with E-state index in [4.69, 9.17) is 5.11 Å². The van der Waals surface area contributed by atoms with Crippen molar-refractivity contribution in [1.82, 2.24) is 0 Å². The van der Waals surface area contributed by atoms with Gasteiger partial charge in [0.05, 0.1) is 0 Å². The molecule has 1 N–H and O–H groups in total. The first-order valence-corrected chi connectivity index (χ1v) is 7.85. The van der Waals surface area contributed by atoms with E-state index in [0.717, 1.165) is 34.7 Å². The fraction of sp³-hybridized carbons (Fsp3) is 0.438. The third kappa shape index (κ3) is 3.85. The van der Waals surface area contributed by atoms with Crippen molar-refractivity contribution in [2.75, 3.05) is 18.0 Å². The normalized spacial score (nSPS) is 15.3. The van der Waals surface area contributed by atoms with E-state index in [-0.39, 0.29) is 0 Å². The molecular formula is C16H20BrNO2. The van der Waals surface area contributed by atoms with Gasteiger partial charge in [-0.25, -0.2) is 4.79 Å². The number of nitrogens with zero attached hydrogens (tertiary/aromatic N) is 1. The monoisotopic (exact) mass is 337 g/mol. The van der Waals surface area contributed by atoms with Crippen molar-refractivity contribution >= 4 is 33.7 Å². The predicted octanol–water partition coefficient (Wildman–Crippen LogP) is 4.17. The number of rotatable bonds is 6. The van der Waals surface area contributed by atoms with Crippen molar-refractivity contribution in [1.29, 1.82) is 0 Å². The van der Waals surface area contributed by atoms with Crippen molar-refractivity contribution in [2.45, 2.75) is 26.2 Å². The lowest BCUT2D eigenvalue weighted by Gasteiger charge is -2.34. The average Bonchev–Trinajstić information content (AvgIpc) is 2.36. The molecule has 1 aromatic rings. The Hall–Kier alpha value is -1.29. The van der Waals surface area contributed by atoms with Gasteiger partial charge in [0, 0.05) is 29.3 Å². The lowest BCUT2D eigenvalue weighted by atomic mass is 9.85. The highest BCUT2D eigenvalue weighted by Gasteiger charge is 2.21. The van der Waals surface area contributed by atoms with Crippen LogP contribution in [0.4, 0.5) is 5.69 Å². The Morgan fingerprint density at radius 1 is 1.50 bits per heavy atom. The summed E-state index contributed by atoms with van der Waals surface area (Å²) in [5, 5.41) is 8.80. The van der Waals surface area contributed by atoms with Gasteiger partial charge < -0.3 is 10.0 Å². The summed E-state index contributed by atoms with van der Waals surface area (Å²) in [4.78, 5) is 13.1. The number of hydrogen-bond donors (Lipinski definition) is 1. The van der Waals surface area contributed by atoms with Crippen LogP contribution in [0.2, 0.25) is 0 Å². The molecule has 0 atom stereocenters. The molecule has 3 nitrogen and oxygen atoms in total. The minimum Gasteiger partial charge on any atom is -0.478 e. The fourth-order valence-electron chi connectivity index (χ4n) is 2.48. The van der Waals surface area contributed by atoms with E-state index in [0.29, 0.717) is 0 Å². The summed E-state index contributed by atoms with van der Waals surface area (Å²) in [5.74, 6) is -0.133. The Bertz CT molecular complexity index is 509. The second kappa shape index (κ2) is 6.93. The van der Waals surface area contributed by atoms with E-state index in [2.05, 4.69) is 33.8 Å². The number of anilines is 1. The van der Waals surface area contributed by atoms with Gasteiger partial charge in [-0.3, -0.25) is 0 Å². The third-order valence-electron chi connectivity index (χ3n) is 3.82. The van der Waals surface area contributed by atoms with Crippen LogP contribution in [0.25, 0.3) is 6.08 Å². The highest BCUT2D eigenvalue weighted by Crippen LogP contribution is 2.32. The standard InChI is InChI=1S/C16H20BrNO2/c1-2-18(11-12-4-3-5-12)15-10-14(17)8-6-13(15)7-9-16(19)20/h6-10,12H,2-5,11H2,1H3,(H,19,20)/b9-7+. The number of carboxylic acid groups (broad SMARTS) is 1. The van der Waals surface area contributed by atoms with Crippen LogP contribution in [0.3, 0.4) is 0 Å². The minimum absolute atomic E-state index is 0.783. The number of halogens is 1. The van der Waals surface area contributed by atoms with E-state index in [9.17, 15) is 4.79 Å². The van der Waals surface area contributed by atoms with E-state index >= 15 is 0 Å². The summed E-state index contributed by atoms with van der Waals surface area (Å²) in [6.07, 6.45) is 6.83. The van der Waals surface area contributed by atoms with Crippen LogP contribution >= 0.6 is 15.9 Å². The third-order valence-corrected chi connectivity index (χ3v) is 4.32. The highest BCUT2D eigenvalue weighted by atomic mass is 79.9. The molecule has 20 heavy (non-hydrogen) atoms. The number of carbonyl (C=O) groups is 1. The summed E-state index contributed by atoms with van der Waals surface area (Å²) in [6, 6.07) is 5.98. The molecule has 0 heterocycles. The predicted molar refractivity (Wildman–Crippen MR) is 86.0 cm³/mol. The second-order valence-electron chi connectivity index (χ2n) is 5.21. The van der Waals surface area contributed by atoms with Crippen molar-refractivity contribution in [2.24, 2.45) is 5.92 Å². The second-order valence-corrected chi connectivity index (χ2v) is 6.13. The van der Waals surface area contributed by atoms with Gasteiger partial charge in [0.1, 0.15) is 0 Å². The zero-order chi connectivity index (χ0) is 14.5. The van der Waals surface area contributed by atoms with E-state index in [1.807, 2.05) is 12.1 Å². The van der Waals surface area contributed by atoms with Gasteiger partial charge in [-0.1, -0.05) is 28.4 Å². The van der Waals surface area contributed by atoms with Crippen LogP contribution in [-0.2, 0) is 4.79 Å². The lowest BCUT2D eigenvalue weighted by Crippen LogP contribution is -2.32. The molecule has 0 amide bonds. The average molecular weight is 338 g/mol. The number of carboxylic acids is 1. The summed E-state index contributed by atoms with van der Waals surface area (Å²) < 4.78 is 1.02. The molecule has 1 fully saturated rings. The topological polar surface area (TPSA) is 40.5 Å². The molecule has 4 heteroatoms. The van der Waals surface area contributed by atoms with E-state index in [1.165, 1.54) is 25.3 Å². The number of benzene rings is 1. The first kappa shape index (κ1) is 15.1. The summed E-state index contributed by atoms with van der Waals surface area (Å²) in [7, 11) is 0. The van der Waals surface area contributed by atoms with Gasteiger partial charge in [0.2, 0.25) is 0 Å². The van der Waals surface area contributed by atoms with Crippen LogP contribution in [0, 0.1) is 5.92 Å². The molecule has 0 unspecified atom stereocenters. The van der Waals surface area contributed by atoms with Gasteiger partial charge in [0.25, 0.3) is 0 Å². The Balaban J connectivity index is 2.25. The molecule has 0 radical (unpaired) electrons. The molecule has 0 bridgehead atoms. The largest absolute Gasteiger partial charge is 0.478 e. The SMILES string of the molecule is CCN(CC1CCC1)c1cc(Br)ccc1/C=C/C(=O)O. The molecule has 108 valence electrons. The molecule has 2 rings (SSSR count). The molecule has 0 spiro atoms. The fourth-order valence-corrected chi connectivity index (χ4v) is 2.83. The van der Waals surface area contributed by atoms with Gasteiger partial charge >= 0.3 is 5.97 Å². The number of aliphatic carboxylic acids is 1. The van der Waals surface area contributed by atoms with Crippen LogP contribution in [0.15, 0.2) is 28.7 Å². The van der Waals surface area contributed by atoms with E-state index < -0.39 is 5.97 Å². The van der Waals surface area contributed by atoms with Crippen LogP contribution in [0.1, 0.15) is 31.7 Å². The molecule has 0 aromatic heterocycles. The lowest BCUT2D eigenvalue weighted by molar-refractivity contribution is -0.131. The Labute approximate surface area is 128 Å². The smallest absolute Gasteiger partial charge is 0.328 e. The van der Waals surface area contributed by atoms with Crippen LogP contribution in [-0.4, -0.2) is 24.2 Å². The minimum atomic E-state index is -0.916. The van der Waals surface area contributed by atoms with Crippen molar-refractivity contribution in [3.05, 3.63) is 34.3 Å². The molecular weight excluding hydrogens is 318 g/mol. The van der Waals surface area contributed by atoms with Crippen molar-refractivity contribution < 1.29 is 9.90 Å². The van der Waals surface area contributed by atoms with E-state index in [1.54, 1.807) is 6.08 Å². The molecule has 1 aliphatic carbocycles. The van der Waals surface area contributed by atoms with Crippen molar-refractivity contribution in [3.8, 4) is 0 Å². The van der Waals surface area contributed by atoms with Gasteiger partial charge in [-0.15, -0.1) is 0 Å². The summed E-state index contributed by atoms with van der Waals surface area (Å²) in [5.41, 5.74) is 2.06. The van der Waals surface area contributed by atoms with Crippen LogP contribution < -0.4 is 4.90 Å². The highest BCUT2D eigenvalue weighted by molar-refractivity contribution is 9.10. The zero-order valence-electron chi connectivity index (χ0n) is 11.7. The first-order valence-electron chi connectivity index (χ1n) is 7.05. The molecule has 1 saturated carbocycles. The molecule has 0 aliphatic heterocycles. The Morgan fingerprint density at radius 3 is 2.80 bits per heavy atom. The maximum absolute atomic E-state index is 10.7. The molecule has 1 aromatic carbocycles. The van der Waals surface area contributed by atoms with Crippen LogP contribution in [0.5, 0.6) is 0 Å². The van der Waals surface area contributed by atoms with Crippen molar-refractivity contribution in [3.63, 3.8) is 0 Å². The van der Waals surface area contributed by atoms with Gasteiger partial charge in [-0.05, 0) is 49.5 Å². The quantitative estimate of drug-likeness (QED) is 0.792. The molecule has 1 aliphatic rings. The maximum Gasteiger partial charge on any atom is 0.328 e. The Kier molecular flexibility index (Phi) is 5.24.